The molecule has 10 heteroatoms. The first-order valence-corrected chi connectivity index (χ1v) is 19.4. The number of hydrogen-bond acceptors (Lipinski definition) is 8. The molecule has 2 aromatic carbocycles. The van der Waals surface area contributed by atoms with Crippen molar-refractivity contribution >= 4 is 11.6 Å². The van der Waals surface area contributed by atoms with Gasteiger partial charge in [0, 0.05) is 43.6 Å². The van der Waals surface area contributed by atoms with E-state index in [1.54, 1.807) is 24.3 Å². The summed E-state index contributed by atoms with van der Waals surface area (Å²) in [6.45, 7) is 11.1. The highest BCUT2D eigenvalue weighted by atomic mass is 19.1. The summed E-state index contributed by atoms with van der Waals surface area (Å²) in [6.07, 6.45) is 12.5. The molecule has 53 heavy (non-hydrogen) atoms. The lowest BCUT2D eigenvalue weighted by Gasteiger charge is -2.60. The molecule has 3 aliphatic carbocycles. The number of carbonyl (C=O) groups is 1. The van der Waals surface area contributed by atoms with E-state index < -0.39 is 17.7 Å². The van der Waals surface area contributed by atoms with Crippen molar-refractivity contribution in [2.45, 2.75) is 89.0 Å². The van der Waals surface area contributed by atoms with Crippen molar-refractivity contribution in [3.8, 4) is 11.5 Å². The number of aliphatic hydroxyl groups excluding tert-OH is 2. The van der Waals surface area contributed by atoms with Crippen LogP contribution in [0.1, 0.15) is 81.8 Å². The highest BCUT2D eigenvalue weighted by molar-refractivity contribution is 6.03. The summed E-state index contributed by atoms with van der Waals surface area (Å²) in [5, 5.41) is 24.4. The van der Waals surface area contributed by atoms with Gasteiger partial charge in [0.2, 0.25) is 11.7 Å². The molecule has 2 fully saturated rings. The largest absolute Gasteiger partial charge is 0.490 e. The van der Waals surface area contributed by atoms with Crippen LogP contribution in [0.5, 0.6) is 11.5 Å². The number of amides is 1. The van der Waals surface area contributed by atoms with E-state index in [2.05, 4.69) is 25.3 Å². The van der Waals surface area contributed by atoms with Gasteiger partial charge < -0.3 is 34.2 Å². The minimum absolute atomic E-state index is 0.0143. The molecule has 6 atom stereocenters. The van der Waals surface area contributed by atoms with Crippen LogP contribution in [0.2, 0.25) is 0 Å². The van der Waals surface area contributed by atoms with Crippen LogP contribution in [0, 0.1) is 29.5 Å². The van der Waals surface area contributed by atoms with Crippen molar-refractivity contribution in [2.75, 3.05) is 33.0 Å². The van der Waals surface area contributed by atoms with E-state index in [-0.39, 0.29) is 61.8 Å². The van der Waals surface area contributed by atoms with Crippen LogP contribution >= 0.6 is 0 Å². The Morgan fingerprint density at radius 1 is 1.04 bits per heavy atom. The third-order valence-corrected chi connectivity index (χ3v) is 11.2. The normalized spacial score (nSPS) is 26.5. The second kappa shape index (κ2) is 17.9. The minimum atomic E-state index is -1.34. The Morgan fingerprint density at radius 3 is 2.45 bits per heavy atom. The summed E-state index contributed by atoms with van der Waals surface area (Å²) in [5.74, 6) is -0.730. The number of rotatable bonds is 20. The number of unbranched alkanes of at least 4 members (excludes halogenated alkanes) is 2. The number of benzene rings is 2. The number of ether oxygens (including phenoxy) is 3. The summed E-state index contributed by atoms with van der Waals surface area (Å²) in [7, 11) is 0. The van der Waals surface area contributed by atoms with Crippen molar-refractivity contribution in [2.24, 2.45) is 28.8 Å². The Kier molecular flexibility index (Phi) is 13.1. The number of nitrogens with zero attached hydrogens (tertiary/aromatic N) is 2. The number of fused-ring (bicyclic) bond motifs is 2. The SMILES string of the molecule is C=CCOc1ccc2c(c1)C1C(CCCCO)C(CCCCO)C=C3C(=NOCC)CC(N(Cc4ccc(F)cc4)C(=O)C4CC4)C(OCC=C)(O2)C31. The fourth-order valence-electron chi connectivity index (χ4n) is 8.73. The molecule has 0 aromatic heterocycles. The van der Waals surface area contributed by atoms with Crippen LogP contribution in [0.25, 0.3) is 0 Å². The van der Waals surface area contributed by atoms with Gasteiger partial charge in [0.25, 0.3) is 0 Å². The zero-order valence-electron chi connectivity index (χ0n) is 31.0. The molecule has 2 N–H and O–H groups in total. The van der Waals surface area contributed by atoms with Crippen molar-refractivity contribution in [3.05, 3.63) is 96.4 Å². The Balaban J connectivity index is 1.59. The summed E-state index contributed by atoms with van der Waals surface area (Å²) in [4.78, 5) is 22.2. The van der Waals surface area contributed by atoms with Crippen LogP contribution in [0.3, 0.4) is 0 Å². The monoisotopic (exact) mass is 730 g/mol. The maximum Gasteiger partial charge on any atom is 0.239 e. The first-order valence-electron chi connectivity index (χ1n) is 19.4. The van der Waals surface area contributed by atoms with Gasteiger partial charge in [-0.1, -0.05) is 54.9 Å². The Hall–Kier alpha value is -3.99. The Bertz CT molecular complexity index is 1640. The molecular formula is C43H55FN2O7. The molecular weight excluding hydrogens is 675 g/mol. The molecule has 0 radical (unpaired) electrons. The van der Waals surface area contributed by atoms with Gasteiger partial charge in [-0.3, -0.25) is 4.79 Å². The van der Waals surface area contributed by atoms with Gasteiger partial charge >= 0.3 is 0 Å². The van der Waals surface area contributed by atoms with Gasteiger partial charge in [0.05, 0.1) is 18.2 Å². The predicted octanol–water partition coefficient (Wildman–Crippen LogP) is 7.48. The molecule has 4 aliphatic rings. The minimum Gasteiger partial charge on any atom is -0.490 e. The summed E-state index contributed by atoms with van der Waals surface area (Å²) < 4.78 is 34.5. The lowest BCUT2D eigenvalue weighted by Crippen LogP contribution is -2.70. The summed E-state index contributed by atoms with van der Waals surface area (Å²) in [5.41, 5.74) is 3.54. The van der Waals surface area contributed by atoms with E-state index >= 15 is 0 Å². The molecule has 1 aliphatic heterocycles. The van der Waals surface area contributed by atoms with Crippen LogP contribution in [0.4, 0.5) is 4.39 Å². The van der Waals surface area contributed by atoms with Crippen LogP contribution < -0.4 is 9.47 Å². The van der Waals surface area contributed by atoms with Crippen LogP contribution in [0.15, 0.2) is 84.6 Å². The summed E-state index contributed by atoms with van der Waals surface area (Å²) in [6, 6.07) is 11.6. The van der Waals surface area contributed by atoms with Gasteiger partial charge in [-0.2, -0.15) is 0 Å². The molecule has 6 unspecified atom stereocenters. The molecule has 1 heterocycles. The molecule has 2 saturated carbocycles. The maximum atomic E-state index is 14.5. The molecule has 0 saturated heterocycles. The second-order valence-corrected chi connectivity index (χ2v) is 14.7. The van der Waals surface area contributed by atoms with Gasteiger partial charge in [-0.05, 0) is 98.8 Å². The Labute approximate surface area is 313 Å². The first kappa shape index (κ1) is 38.7. The number of hydrogen-bond donors (Lipinski definition) is 2. The van der Waals surface area contributed by atoms with Crippen molar-refractivity contribution in [1.29, 1.82) is 0 Å². The molecule has 0 bridgehead atoms. The average molecular weight is 731 g/mol. The Morgan fingerprint density at radius 2 is 1.77 bits per heavy atom. The number of oxime groups is 1. The lowest BCUT2D eigenvalue weighted by molar-refractivity contribution is -0.258. The van der Waals surface area contributed by atoms with E-state index in [0.29, 0.717) is 44.0 Å². The number of halogens is 1. The topological polar surface area (TPSA) is 110 Å². The maximum absolute atomic E-state index is 14.5. The van der Waals surface area contributed by atoms with Crippen molar-refractivity contribution in [3.63, 3.8) is 0 Å². The number of carbonyl (C=O) groups excluding carboxylic acids is 1. The number of allylic oxidation sites excluding steroid dienone is 1. The van der Waals surface area contributed by atoms with Gasteiger partial charge in [0.1, 0.15) is 36.6 Å². The highest BCUT2D eigenvalue weighted by Gasteiger charge is 2.66. The van der Waals surface area contributed by atoms with Gasteiger partial charge in [-0.15, -0.1) is 6.58 Å². The molecule has 9 nitrogen and oxygen atoms in total. The first-order chi connectivity index (χ1) is 25.9. The smallest absolute Gasteiger partial charge is 0.239 e. The van der Waals surface area contributed by atoms with E-state index in [1.807, 2.05) is 24.0 Å². The number of aliphatic hydroxyl groups is 2. The van der Waals surface area contributed by atoms with Crippen molar-refractivity contribution < 1.29 is 38.4 Å². The zero-order valence-corrected chi connectivity index (χ0v) is 31.0. The molecule has 0 spiro atoms. The molecule has 6 rings (SSSR count). The van der Waals surface area contributed by atoms with E-state index in [1.165, 1.54) is 12.1 Å². The molecule has 1 amide bonds. The predicted molar refractivity (Wildman–Crippen MR) is 202 cm³/mol. The lowest BCUT2D eigenvalue weighted by atomic mass is 9.55. The quantitative estimate of drug-likeness (QED) is 0.0826. The second-order valence-electron chi connectivity index (χ2n) is 14.7. The third-order valence-electron chi connectivity index (χ3n) is 11.2. The van der Waals surface area contributed by atoms with Gasteiger partial charge in [-0.25, -0.2) is 4.39 Å². The summed E-state index contributed by atoms with van der Waals surface area (Å²) >= 11 is 0. The zero-order chi connectivity index (χ0) is 37.4. The van der Waals surface area contributed by atoms with Crippen molar-refractivity contribution in [1.82, 2.24) is 4.90 Å². The van der Waals surface area contributed by atoms with Gasteiger partial charge in [0.15, 0.2) is 0 Å². The van der Waals surface area contributed by atoms with Crippen LogP contribution in [-0.4, -0.2) is 71.6 Å². The third kappa shape index (κ3) is 8.40. The molecule has 286 valence electrons. The van der Waals surface area contributed by atoms with E-state index in [0.717, 1.165) is 60.9 Å². The highest BCUT2D eigenvalue weighted by Crippen LogP contribution is 2.62. The van der Waals surface area contributed by atoms with Crippen LogP contribution in [-0.2, 0) is 20.9 Å². The molecule has 2 aromatic rings. The van der Waals surface area contributed by atoms with E-state index in [9.17, 15) is 19.4 Å². The fraction of sp³-hybridized carbons (Fsp3) is 0.535. The fourth-order valence-corrected chi connectivity index (χ4v) is 8.73. The standard InChI is InChI=1S/C43H55FN2O7/c1-4-23-50-33-19-20-38-36(26-33)40-34(12-8-10-22-48)31(11-7-9-21-47)25-35-37(45-52-6-3)27-39(43(53-38,41(35)40)51-24-5-2)46(42(49)30-15-16-30)28-29-13-17-32(44)18-14-29/h4-5,13-14,17-20,25-26,30-31,34,39-41,47-48H,1-2,6-12,15-16,21-24,27-28H2,3H3. The van der Waals surface area contributed by atoms with E-state index in [4.69, 9.17) is 24.2 Å². The average Bonchev–Trinajstić information content (AvgIpc) is 4.02.